The highest BCUT2D eigenvalue weighted by Gasteiger charge is 2.08. The number of ether oxygens (including phenoxy) is 1. The molecule has 1 N–H and O–H groups in total. The molecule has 6 nitrogen and oxygen atoms in total. The summed E-state index contributed by atoms with van der Waals surface area (Å²) in [6, 6.07) is 1.90. The fourth-order valence-corrected chi connectivity index (χ4v) is 2.28. The second-order valence-corrected chi connectivity index (χ2v) is 4.81. The van der Waals surface area contributed by atoms with E-state index >= 15 is 0 Å². The van der Waals surface area contributed by atoms with Gasteiger partial charge in [-0.05, 0) is 18.7 Å². The molecular weight excluding hydrogens is 262 g/mol. The van der Waals surface area contributed by atoms with Crippen LogP contribution in [-0.2, 0) is 18.4 Å². The Labute approximate surface area is 116 Å². The Balaban J connectivity index is 2.21. The summed E-state index contributed by atoms with van der Waals surface area (Å²) in [5, 5.41) is 4.77. The van der Waals surface area contributed by atoms with Crippen molar-refractivity contribution in [3.05, 3.63) is 24.3 Å². The topological polar surface area (TPSA) is 64.9 Å². The lowest BCUT2D eigenvalue weighted by atomic mass is 10.5. The van der Waals surface area contributed by atoms with E-state index in [1.165, 1.54) is 11.8 Å². The fraction of sp³-hybridized carbons (Fsp3) is 0.417. The van der Waals surface area contributed by atoms with Gasteiger partial charge < -0.3 is 14.6 Å². The smallest absolute Gasteiger partial charge is 0.174 e. The molecule has 0 aromatic carbocycles. The summed E-state index contributed by atoms with van der Waals surface area (Å²) < 4.78 is 7.30. The lowest BCUT2D eigenvalue weighted by Crippen LogP contribution is -2.03. The molecule has 0 bridgehead atoms. The monoisotopic (exact) mass is 279 g/mol. The first-order valence-electron chi connectivity index (χ1n) is 6.01. The van der Waals surface area contributed by atoms with E-state index in [4.69, 9.17) is 4.74 Å². The van der Waals surface area contributed by atoms with Gasteiger partial charge in [0.1, 0.15) is 17.5 Å². The second kappa shape index (κ2) is 6.53. The van der Waals surface area contributed by atoms with Crippen molar-refractivity contribution in [3.8, 4) is 0 Å². The number of hydrogen-bond acceptors (Lipinski definition) is 6. The molecule has 0 radical (unpaired) electrons. The van der Waals surface area contributed by atoms with Crippen LogP contribution in [0.4, 0.5) is 5.82 Å². The highest BCUT2D eigenvalue weighted by atomic mass is 32.2. The van der Waals surface area contributed by atoms with Crippen LogP contribution < -0.4 is 5.32 Å². The van der Waals surface area contributed by atoms with Gasteiger partial charge in [-0.15, -0.1) is 0 Å². The van der Waals surface area contributed by atoms with Gasteiger partial charge in [0.05, 0.1) is 0 Å². The van der Waals surface area contributed by atoms with Crippen molar-refractivity contribution in [2.75, 3.05) is 19.0 Å². The zero-order valence-corrected chi connectivity index (χ0v) is 12.1. The van der Waals surface area contributed by atoms with Crippen molar-refractivity contribution in [2.45, 2.75) is 23.7 Å². The van der Waals surface area contributed by atoms with Gasteiger partial charge in [-0.25, -0.2) is 15.0 Å². The second-order valence-electron chi connectivity index (χ2n) is 3.82. The Morgan fingerprint density at radius 3 is 2.89 bits per heavy atom. The molecule has 2 aromatic rings. The highest BCUT2D eigenvalue weighted by molar-refractivity contribution is 7.99. The van der Waals surface area contributed by atoms with Crippen LogP contribution in [0.25, 0.3) is 0 Å². The number of nitrogens with one attached hydrogen (secondary N) is 1. The van der Waals surface area contributed by atoms with E-state index in [-0.39, 0.29) is 0 Å². The predicted octanol–water partition coefficient (Wildman–Crippen LogP) is 1.94. The molecule has 7 heteroatoms. The molecule has 0 fully saturated rings. The number of rotatable bonds is 6. The van der Waals surface area contributed by atoms with Crippen molar-refractivity contribution in [2.24, 2.45) is 7.05 Å². The van der Waals surface area contributed by atoms with Gasteiger partial charge in [0.2, 0.25) is 0 Å². The van der Waals surface area contributed by atoms with Crippen molar-refractivity contribution >= 4 is 17.6 Å². The Hall–Kier alpha value is -1.60. The van der Waals surface area contributed by atoms with Gasteiger partial charge in [0.15, 0.2) is 11.0 Å². The van der Waals surface area contributed by atoms with Gasteiger partial charge in [-0.1, -0.05) is 0 Å². The molecule has 0 spiro atoms. The summed E-state index contributed by atoms with van der Waals surface area (Å²) in [5.41, 5.74) is 0. The van der Waals surface area contributed by atoms with Crippen molar-refractivity contribution in [1.82, 2.24) is 19.5 Å². The SMILES string of the molecule is CCOCc1nc(NC)cc(Sc2nccn2C)n1. The number of aryl methyl sites for hydroxylation is 1. The summed E-state index contributed by atoms with van der Waals surface area (Å²) in [6.45, 7) is 3.01. The average Bonchev–Trinajstić information content (AvgIpc) is 2.81. The van der Waals surface area contributed by atoms with Crippen LogP contribution in [-0.4, -0.2) is 33.2 Å². The van der Waals surface area contributed by atoms with Crippen LogP contribution in [0.3, 0.4) is 0 Å². The normalized spacial score (nSPS) is 10.7. The minimum absolute atomic E-state index is 0.417. The van der Waals surface area contributed by atoms with Crippen LogP contribution in [0.5, 0.6) is 0 Å². The van der Waals surface area contributed by atoms with E-state index in [1.54, 1.807) is 6.20 Å². The number of hydrogen-bond donors (Lipinski definition) is 1. The van der Waals surface area contributed by atoms with E-state index < -0.39 is 0 Å². The van der Waals surface area contributed by atoms with E-state index in [0.29, 0.717) is 19.0 Å². The number of imidazole rings is 1. The number of aromatic nitrogens is 4. The Kier molecular flexibility index (Phi) is 4.75. The zero-order chi connectivity index (χ0) is 13.7. The minimum atomic E-state index is 0.417. The minimum Gasteiger partial charge on any atom is -0.374 e. The first kappa shape index (κ1) is 13.8. The molecule has 0 aliphatic rings. The maximum Gasteiger partial charge on any atom is 0.174 e. The molecule has 19 heavy (non-hydrogen) atoms. The van der Waals surface area contributed by atoms with Crippen LogP contribution in [0.2, 0.25) is 0 Å². The molecule has 0 saturated heterocycles. The summed E-state index contributed by atoms with van der Waals surface area (Å²) in [6.07, 6.45) is 3.67. The molecule has 0 atom stereocenters. The molecule has 0 amide bonds. The summed E-state index contributed by atoms with van der Waals surface area (Å²) in [4.78, 5) is 13.1. The predicted molar refractivity (Wildman–Crippen MR) is 74.2 cm³/mol. The average molecular weight is 279 g/mol. The summed E-state index contributed by atoms with van der Waals surface area (Å²) >= 11 is 1.50. The molecule has 0 unspecified atom stereocenters. The maximum atomic E-state index is 5.35. The van der Waals surface area contributed by atoms with Crippen molar-refractivity contribution in [3.63, 3.8) is 0 Å². The molecule has 0 aliphatic heterocycles. The maximum absolute atomic E-state index is 5.35. The van der Waals surface area contributed by atoms with Gasteiger partial charge in [0, 0.05) is 39.2 Å². The largest absolute Gasteiger partial charge is 0.374 e. The lowest BCUT2D eigenvalue weighted by Gasteiger charge is -2.07. The first-order valence-corrected chi connectivity index (χ1v) is 6.83. The van der Waals surface area contributed by atoms with Crippen LogP contribution in [0.1, 0.15) is 12.7 Å². The summed E-state index contributed by atoms with van der Waals surface area (Å²) in [5.74, 6) is 1.45. The van der Waals surface area contributed by atoms with Gasteiger partial charge in [-0.2, -0.15) is 0 Å². The summed E-state index contributed by atoms with van der Waals surface area (Å²) in [7, 11) is 3.79. The van der Waals surface area contributed by atoms with Crippen LogP contribution in [0, 0.1) is 0 Å². The molecule has 0 saturated carbocycles. The number of anilines is 1. The lowest BCUT2D eigenvalue weighted by molar-refractivity contribution is 0.128. The molecule has 2 heterocycles. The van der Waals surface area contributed by atoms with Gasteiger partial charge in [-0.3, -0.25) is 0 Å². The Morgan fingerprint density at radius 1 is 1.42 bits per heavy atom. The molecule has 2 aromatic heterocycles. The van der Waals surface area contributed by atoms with Crippen molar-refractivity contribution in [1.29, 1.82) is 0 Å². The fourth-order valence-electron chi connectivity index (χ4n) is 1.45. The third-order valence-corrected chi connectivity index (χ3v) is 3.41. The standard InChI is InChI=1S/C12H17N5OS/c1-4-18-8-10-15-9(13-2)7-11(16-10)19-12-14-5-6-17(12)3/h5-7H,4,8H2,1-3H3,(H,13,15,16). The Morgan fingerprint density at radius 2 is 2.26 bits per heavy atom. The third-order valence-electron chi connectivity index (χ3n) is 2.41. The molecule has 0 aliphatic carbocycles. The zero-order valence-electron chi connectivity index (χ0n) is 11.3. The van der Waals surface area contributed by atoms with Crippen molar-refractivity contribution < 1.29 is 4.74 Å². The van der Waals surface area contributed by atoms with E-state index in [2.05, 4.69) is 20.3 Å². The highest BCUT2D eigenvalue weighted by Crippen LogP contribution is 2.25. The van der Waals surface area contributed by atoms with E-state index in [0.717, 1.165) is 16.0 Å². The molecule has 2 rings (SSSR count). The third kappa shape index (κ3) is 3.68. The quantitative estimate of drug-likeness (QED) is 0.815. The number of nitrogens with zero attached hydrogens (tertiary/aromatic N) is 4. The van der Waals surface area contributed by atoms with Gasteiger partial charge in [0.25, 0.3) is 0 Å². The Bertz CT molecular complexity index is 543. The van der Waals surface area contributed by atoms with E-state index in [1.807, 2.05) is 37.8 Å². The first-order chi connectivity index (χ1) is 9.22. The van der Waals surface area contributed by atoms with Gasteiger partial charge >= 0.3 is 0 Å². The molecule has 102 valence electrons. The van der Waals surface area contributed by atoms with Crippen LogP contribution in [0.15, 0.2) is 28.6 Å². The van der Waals surface area contributed by atoms with Crippen LogP contribution >= 0.6 is 11.8 Å². The molecular formula is C12H17N5OS. The van der Waals surface area contributed by atoms with E-state index in [9.17, 15) is 0 Å².